The van der Waals surface area contributed by atoms with Gasteiger partial charge in [0.2, 0.25) is 0 Å². The fraction of sp³-hybridized carbons (Fsp3) is 0.0328. The van der Waals surface area contributed by atoms with E-state index in [9.17, 15) is 0 Å². The standard InChI is InChI=1S/C61H40N7O.Pt/c1-39-33-60(68-58-35-42(29-30-47(58)48-31-32-62-37-59(48)68)69-41-16-13-15-40(34-41)65-38-64(2)54-25-11-12-26-55(54)65)63-36-49(39)61-56(66-50-21-7-3-17-43(50)44-18-4-8-22-51(44)66)27-14-28-57(61)67-52-23-9-5-19-45(52)46-20-6-10-24-53(46)67;/h3-33,36-38H,1-2H3;/q-3;. The van der Waals surface area contributed by atoms with Gasteiger partial charge in [-0.25, -0.2) is 4.98 Å². The molecule has 0 spiro atoms. The second-order valence-electron chi connectivity index (χ2n) is 17.7. The summed E-state index contributed by atoms with van der Waals surface area (Å²) >= 11 is 0. The van der Waals surface area contributed by atoms with E-state index >= 15 is 0 Å². The topological polar surface area (TPSA) is 56.3 Å². The second-order valence-corrected chi connectivity index (χ2v) is 17.7. The minimum absolute atomic E-state index is 0. The van der Waals surface area contributed by atoms with Crippen LogP contribution in [0.15, 0.2) is 201 Å². The summed E-state index contributed by atoms with van der Waals surface area (Å²) in [5, 5.41) is 6.91. The molecule has 5 aromatic heterocycles. The predicted octanol–water partition coefficient (Wildman–Crippen LogP) is 14.8. The summed E-state index contributed by atoms with van der Waals surface area (Å²) in [6, 6.07) is 71.3. The largest absolute Gasteiger partial charge is 0.509 e. The van der Waals surface area contributed by atoms with Gasteiger partial charge in [0.1, 0.15) is 5.82 Å². The molecule has 0 unspecified atom stereocenters. The van der Waals surface area contributed by atoms with Gasteiger partial charge in [0.05, 0.1) is 45.2 Å². The molecule has 13 aromatic rings. The maximum absolute atomic E-state index is 6.59. The van der Waals surface area contributed by atoms with E-state index in [1.807, 2.05) is 36.7 Å². The van der Waals surface area contributed by atoms with Gasteiger partial charge in [-0.15, -0.1) is 41.4 Å². The zero-order chi connectivity index (χ0) is 45.7. The first kappa shape index (κ1) is 41.7. The molecule has 8 aromatic carbocycles. The van der Waals surface area contributed by atoms with Crippen molar-refractivity contribution in [3.63, 3.8) is 0 Å². The normalized spacial score (nSPS) is 12.5. The minimum Gasteiger partial charge on any atom is -0.509 e. The monoisotopic (exact) mass is 1080 g/mol. The summed E-state index contributed by atoms with van der Waals surface area (Å²) in [4.78, 5) is 14.2. The summed E-state index contributed by atoms with van der Waals surface area (Å²) in [5.74, 6) is 1.92. The van der Waals surface area contributed by atoms with Gasteiger partial charge in [0.15, 0.2) is 0 Å². The Balaban J connectivity index is 0.00000480. The van der Waals surface area contributed by atoms with Gasteiger partial charge in [0, 0.05) is 89.0 Å². The molecule has 8 nitrogen and oxygen atoms in total. The van der Waals surface area contributed by atoms with E-state index in [4.69, 9.17) is 9.72 Å². The second kappa shape index (κ2) is 16.4. The number of hydrogen-bond acceptors (Lipinski definition) is 5. The first-order valence-corrected chi connectivity index (χ1v) is 23.1. The summed E-state index contributed by atoms with van der Waals surface area (Å²) in [5.41, 5.74) is 14.8. The van der Waals surface area contributed by atoms with Gasteiger partial charge in [-0.3, -0.25) is 4.98 Å². The van der Waals surface area contributed by atoms with Gasteiger partial charge in [-0.05, 0) is 85.6 Å². The van der Waals surface area contributed by atoms with E-state index in [0.717, 1.165) is 94.8 Å². The summed E-state index contributed by atoms with van der Waals surface area (Å²) in [6.45, 7) is 4.26. The fourth-order valence-corrected chi connectivity index (χ4v) is 10.7. The quantitative estimate of drug-likeness (QED) is 0.149. The Morgan fingerprint density at radius 3 is 1.66 bits per heavy atom. The van der Waals surface area contributed by atoms with Gasteiger partial charge in [-0.1, -0.05) is 96.5 Å². The molecule has 0 N–H and O–H groups in total. The zero-order valence-corrected chi connectivity index (χ0v) is 40.3. The van der Waals surface area contributed by atoms with E-state index < -0.39 is 0 Å². The maximum Gasteiger partial charge on any atom is 0.135 e. The number of aryl methyl sites for hydroxylation is 1. The number of para-hydroxylation sites is 6. The predicted molar refractivity (Wildman–Crippen MR) is 281 cm³/mol. The third-order valence-corrected chi connectivity index (χ3v) is 13.8. The van der Waals surface area contributed by atoms with Crippen LogP contribution < -0.4 is 14.5 Å². The van der Waals surface area contributed by atoms with Crippen molar-refractivity contribution in [1.29, 1.82) is 0 Å². The molecule has 338 valence electrons. The van der Waals surface area contributed by atoms with Crippen molar-refractivity contribution in [1.82, 2.24) is 23.7 Å². The molecule has 14 rings (SSSR count). The molecule has 9 heteroatoms. The van der Waals surface area contributed by atoms with Crippen molar-refractivity contribution in [3.8, 4) is 39.8 Å². The first-order chi connectivity index (χ1) is 34.1. The van der Waals surface area contributed by atoms with Crippen LogP contribution in [0.3, 0.4) is 0 Å². The number of nitrogens with zero attached hydrogens (tertiary/aromatic N) is 7. The first-order valence-electron chi connectivity index (χ1n) is 23.1. The Bertz CT molecular complexity index is 3980. The average Bonchev–Trinajstić information content (AvgIpc) is 4.12. The minimum atomic E-state index is 0. The molecule has 0 bridgehead atoms. The average molecular weight is 1080 g/mol. The van der Waals surface area contributed by atoms with E-state index in [0.29, 0.717) is 11.5 Å². The van der Waals surface area contributed by atoms with Crippen LogP contribution in [0.2, 0.25) is 0 Å². The fourth-order valence-electron chi connectivity index (χ4n) is 10.7. The van der Waals surface area contributed by atoms with Crippen LogP contribution in [0.1, 0.15) is 5.56 Å². The third-order valence-electron chi connectivity index (χ3n) is 13.8. The number of pyridine rings is 2. The van der Waals surface area contributed by atoms with Crippen molar-refractivity contribution < 1.29 is 25.8 Å². The molecule has 0 saturated carbocycles. The van der Waals surface area contributed by atoms with Crippen molar-refractivity contribution in [2.45, 2.75) is 6.92 Å². The van der Waals surface area contributed by atoms with Crippen LogP contribution >= 0.6 is 0 Å². The Kier molecular flexibility index (Phi) is 9.75. The van der Waals surface area contributed by atoms with Gasteiger partial charge in [-0.2, -0.15) is 18.8 Å². The molecular formula is C61H40N7OPt-3. The van der Waals surface area contributed by atoms with Gasteiger partial charge >= 0.3 is 0 Å². The van der Waals surface area contributed by atoms with Gasteiger partial charge in [0.25, 0.3) is 0 Å². The number of hydrogen-bond donors (Lipinski definition) is 0. The smallest absolute Gasteiger partial charge is 0.135 e. The molecule has 0 aliphatic carbocycles. The molecule has 6 heterocycles. The number of benzene rings is 8. The van der Waals surface area contributed by atoms with Crippen LogP contribution in [0, 0.1) is 25.7 Å². The van der Waals surface area contributed by atoms with Crippen LogP contribution in [0.4, 0.5) is 17.1 Å². The Labute approximate surface area is 418 Å². The number of aromatic nitrogens is 5. The van der Waals surface area contributed by atoms with E-state index in [1.165, 1.54) is 21.5 Å². The van der Waals surface area contributed by atoms with Crippen LogP contribution in [0.25, 0.3) is 93.7 Å². The molecule has 70 heavy (non-hydrogen) atoms. The van der Waals surface area contributed by atoms with Gasteiger partial charge < -0.3 is 28.2 Å². The molecule has 0 radical (unpaired) electrons. The molecule has 0 amide bonds. The SMILES string of the molecule is Cc1cc(-n2c3[c-]c(Oc4[c-]c(N5[CH-]N(C)c6ccccc65)ccc4)ccc3c3ccncc32)ncc1-c1c(-n2c3ccccc3c3ccccc32)cccc1-n1c2ccccc2c2ccccc21.[Pt]. The maximum atomic E-state index is 6.59. The van der Waals surface area contributed by atoms with Crippen molar-refractivity contribution in [2.75, 3.05) is 16.8 Å². The van der Waals surface area contributed by atoms with E-state index in [2.05, 4.69) is 225 Å². The van der Waals surface area contributed by atoms with Crippen molar-refractivity contribution in [2.24, 2.45) is 0 Å². The Hall–Kier alpha value is -8.45. The number of rotatable bonds is 7. The van der Waals surface area contributed by atoms with Crippen LogP contribution in [-0.4, -0.2) is 30.7 Å². The summed E-state index contributed by atoms with van der Waals surface area (Å²) in [6.07, 6.45) is 5.80. The van der Waals surface area contributed by atoms with Crippen LogP contribution in [-0.2, 0) is 21.1 Å². The molecule has 0 fully saturated rings. The summed E-state index contributed by atoms with van der Waals surface area (Å²) < 4.78 is 13.6. The molecule has 0 atom stereocenters. The molecule has 1 aliphatic heterocycles. The number of ether oxygens (including phenoxy) is 1. The summed E-state index contributed by atoms with van der Waals surface area (Å²) in [7, 11) is 2.05. The van der Waals surface area contributed by atoms with Crippen molar-refractivity contribution in [3.05, 3.63) is 225 Å². The zero-order valence-electron chi connectivity index (χ0n) is 38.0. The third kappa shape index (κ3) is 6.33. The Morgan fingerprint density at radius 1 is 0.486 bits per heavy atom. The van der Waals surface area contributed by atoms with E-state index in [-0.39, 0.29) is 21.1 Å². The molecule has 0 saturated heterocycles. The van der Waals surface area contributed by atoms with E-state index in [1.54, 1.807) is 0 Å². The number of fused-ring (bicyclic) bond motifs is 10. The van der Waals surface area contributed by atoms with Crippen LogP contribution in [0.5, 0.6) is 11.5 Å². The van der Waals surface area contributed by atoms with Crippen molar-refractivity contribution >= 4 is 82.5 Å². The Morgan fingerprint density at radius 2 is 1.03 bits per heavy atom. The molecule has 1 aliphatic rings. The number of anilines is 3. The molecular weight excluding hydrogens is 1040 g/mol.